The van der Waals surface area contributed by atoms with Crippen LogP contribution in [0.2, 0.25) is 0 Å². The van der Waals surface area contributed by atoms with Gasteiger partial charge in [0, 0.05) is 39.1 Å². The molecular formula is C20H30N4O5. The normalized spacial score (nSPS) is 13.7. The van der Waals surface area contributed by atoms with E-state index in [0.29, 0.717) is 39.1 Å². The highest BCUT2D eigenvalue weighted by atomic mass is 16.5. The molecule has 29 heavy (non-hydrogen) atoms. The summed E-state index contributed by atoms with van der Waals surface area (Å²) in [5.74, 6) is 0.254. The van der Waals surface area contributed by atoms with Crippen molar-refractivity contribution in [2.75, 3.05) is 51.3 Å². The number of anilines is 1. The Labute approximate surface area is 171 Å². The van der Waals surface area contributed by atoms with Gasteiger partial charge < -0.3 is 30.3 Å². The zero-order chi connectivity index (χ0) is 21.1. The number of piperazine rings is 1. The summed E-state index contributed by atoms with van der Waals surface area (Å²) in [6.45, 7) is 2.79. The number of nitrogens with one attached hydrogen (secondary N) is 1. The second-order valence-electron chi connectivity index (χ2n) is 6.80. The third kappa shape index (κ3) is 7.52. The lowest BCUT2D eigenvalue weighted by molar-refractivity contribution is -0.152. The summed E-state index contributed by atoms with van der Waals surface area (Å²) in [5.41, 5.74) is 5.98. The van der Waals surface area contributed by atoms with Crippen molar-refractivity contribution < 1.29 is 23.9 Å². The van der Waals surface area contributed by atoms with Crippen LogP contribution >= 0.6 is 0 Å². The first-order valence-corrected chi connectivity index (χ1v) is 9.86. The minimum Gasteiger partial charge on any atom is -0.495 e. The Kier molecular flexibility index (Phi) is 9.07. The number of carbonyl (C=O) groups excluding carboxylic acids is 3. The molecule has 2 rings (SSSR count). The predicted octanol–water partition coefficient (Wildman–Crippen LogP) is 1.12. The quantitative estimate of drug-likeness (QED) is 0.444. The van der Waals surface area contributed by atoms with E-state index in [1.54, 1.807) is 12.0 Å². The van der Waals surface area contributed by atoms with Crippen LogP contribution in [0.4, 0.5) is 10.5 Å². The number of carbonyl (C=O) groups is 3. The van der Waals surface area contributed by atoms with E-state index in [1.165, 1.54) is 0 Å². The van der Waals surface area contributed by atoms with Crippen molar-refractivity contribution >= 4 is 23.6 Å². The van der Waals surface area contributed by atoms with Gasteiger partial charge in [-0.1, -0.05) is 18.6 Å². The molecule has 1 aliphatic heterocycles. The summed E-state index contributed by atoms with van der Waals surface area (Å²) in [5, 5.41) is 2.49. The molecule has 0 aliphatic carbocycles. The number of esters is 1. The predicted molar refractivity (Wildman–Crippen MR) is 109 cm³/mol. The van der Waals surface area contributed by atoms with E-state index in [9.17, 15) is 14.4 Å². The first kappa shape index (κ1) is 22.3. The van der Waals surface area contributed by atoms with E-state index in [2.05, 4.69) is 10.2 Å². The fraction of sp³-hybridized carbons (Fsp3) is 0.550. The maximum absolute atomic E-state index is 12.3. The van der Waals surface area contributed by atoms with Crippen molar-refractivity contribution in [1.82, 2.24) is 10.2 Å². The van der Waals surface area contributed by atoms with E-state index >= 15 is 0 Å². The summed E-state index contributed by atoms with van der Waals surface area (Å²) in [7, 11) is 1.64. The molecule has 0 saturated carbocycles. The number of hydrogen-bond acceptors (Lipinski definition) is 6. The van der Waals surface area contributed by atoms with Crippen molar-refractivity contribution in [3.63, 3.8) is 0 Å². The molecule has 1 aromatic carbocycles. The standard InChI is InChI=1S/C20H30N4O5/c1-28-17-8-5-4-7-16(17)23-11-13-24(14-12-23)18(25)15-29-19(26)9-3-2-6-10-22-20(21)27/h4-5,7-8H,2-3,6,9-15H2,1H3,(H3,21,22,27). The van der Waals surface area contributed by atoms with Crippen LogP contribution < -0.4 is 20.7 Å². The molecule has 9 nitrogen and oxygen atoms in total. The zero-order valence-electron chi connectivity index (χ0n) is 16.9. The molecule has 3 N–H and O–H groups in total. The third-order valence-corrected chi connectivity index (χ3v) is 4.77. The summed E-state index contributed by atoms with van der Waals surface area (Å²) >= 11 is 0. The highest BCUT2D eigenvalue weighted by Gasteiger charge is 2.23. The lowest BCUT2D eigenvalue weighted by Crippen LogP contribution is -2.50. The number of rotatable bonds is 10. The molecule has 3 amide bonds. The summed E-state index contributed by atoms with van der Waals surface area (Å²) in [4.78, 5) is 38.5. The van der Waals surface area contributed by atoms with Crippen molar-refractivity contribution in [3.05, 3.63) is 24.3 Å². The Hall–Kier alpha value is -2.97. The molecular weight excluding hydrogens is 376 g/mol. The highest BCUT2D eigenvalue weighted by Crippen LogP contribution is 2.28. The van der Waals surface area contributed by atoms with Gasteiger partial charge >= 0.3 is 12.0 Å². The van der Waals surface area contributed by atoms with E-state index in [-0.39, 0.29) is 24.9 Å². The van der Waals surface area contributed by atoms with E-state index < -0.39 is 6.03 Å². The number of urea groups is 1. The lowest BCUT2D eigenvalue weighted by atomic mass is 10.2. The first-order chi connectivity index (χ1) is 14.0. The third-order valence-electron chi connectivity index (χ3n) is 4.77. The van der Waals surface area contributed by atoms with Gasteiger partial charge in [0.15, 0.2) is 6.61 Å². The SMILES string of the molecule is COc1ccccc1N1CCN(C(=O)COC(=O)CCCCCNC(N)=O)CC1. The number of para-hydroxylation sites is 2. The Morgan fingerprint density at radius 1 is 1.07 bits per heavy atom. The second kappa shape index (κ2) is 11.8. The number of nitrogens with two attached hydrogens (primary N) is 1. The van der Waals surface area contributed by atoms with Crippen molar-refractivity contribution in [3.8, 4) is 5.75 Å². The minimum absolute atomic E-state index is 0.177. The Morgan fingerprint density at radius 2 is 1.79 bits per heavy atom. The zero-order valence-corrected chi connectivity index (χ0v) is 16.9. The molecule has 0 bridgehead atoms. The van der Waals surface area contributed by atoms with Gasteiger partial charge in [-0.05, 0) is 25.0 Å². The Balaban J connectivity index is 1.63. The van der Waals surface area contributed by atoms with Crippen LogP contribution in [0.3, 0.4) is 0 Å². The molecule has 0 radical (unpaired) electrons. The largest absolute Gasteiger partial charge is 0.495 e. The van der Waals surface area contributed by atoms with Gasteiger partial charge in [0.2, 0.25) is 0 Å². The summed E-state index contributed by atoms with van der Waals surface area (Å²) < 4.78 is 10.5. The van der Waals surface area contributed by atoms with Crippen molar-refractivity contribution in [1.29, 1.82) is 0 Å². The molecule has 0 atom stereocenters. The molecule has 0 unspecified atom stereocenters. The molecule has 1 fully saturated rings. The van der Waals surface area contributed by atoms with Crippen LogP contribution in [0, 0.1) is 0 Å². The van der Waals surface area contributed by atoms with Crippen LogP contribution in [0.5, 0.6) is 5.75 Å². The molecule has 1 saturated heterocycles. The van der Waals surface area contributed by atoms with Crippen molar-refractivity contribution in [2.24, 2.45) is 5.73 Å². The number of primary amides is 1. The number of unbranched alkanes of at least 4 members (excludes halogenated alkanes) is 2. The van der Waals surface area contributed by atoms with Crippen LogP contribution in [0.1, 0.15) is 25.7 Å². The topological polar surface area (TPSA) is 114 Å². The maximum atomic E-state index is 12.3. The number of amides is 3. The lowest BCUT2D eigenvalue weighted by Gasteiger charge is -2.36. The molecule has 0 spiro atoms. The van der Waals surface area contributed by atoms with Gasteiger partial charge in [0.1, 0.15) is 5.75 Å². The van der Waals surface area contributed by atoms with Gasteiger partial charge in [0.05, 0.1) is 12.8 Å². The maximum Gasteiger partial charge on any atom is 0.312 e. The summed E-state index contributed by atoms with van der Waals surface area (Å²) in [6.07, 6.45) is 2.41. The van der Waals surface area contributed by atoms with Gasteiger partial charge in [-0.15, -0.1) is 0 Å². The number of nitrogens with zero attached hydrogens (tertiary/aromatic N) is 2. The van der Waals surface area contributed by atoms with Crippen molar-refractivity contribution in [2.45, 2.75) is 25.7 Å². The summed E-state index contributed by atoms with van der Waals surface area (Å²) in [6, 6.07) is 7.26. The molecule has 1 aliphatic rings. The Bertz CT molecular complexity index is 689. The average molecular weight is 406 g/mol. The number of methoxy groups -OCH3 is 1. The van der Waals surface area contributed by atoms with Gasteiger partial charge in [0.25, 0.3) is 5.91 Å². The second-order valence-corrected chi connectivity index (χ2v) is 6.80. The highest BCUT2D eigenvalue weighted by molar-refractivity contribution is 5.81. The average Bonchev–Trinajstić information content (AvgIpc) is 2.74. The van der Waals surface area contributed by atoms with Gasteiger partial charge in [-0.25, -0.2) is 4.79 Å². The van der Waals surface area contributed by atoms with Crippen LogP contribution in [0.15, 0.2) is 24.3 Å². The molecule has 1 heterocycles. The minimum atomic E-state index is -0.549. The number of ether oxygens (including phenoxy) is 2. The van der Waals surface area contributed by atoms with Gasteiger partial charge in [-0.3, -0.25) is 9.59 Å². The fourth-order valence-corrected chi connectivity index (χ4v) is 3.18. The van der Waals surface area contributed by atoms with E-state index in [0.717, 1.165) is 24.3 Å². The molecule has 160 valence electrons. The molecule has 9 heteroatoms. The van der Waals surface area contributed by atoms with Crippen LogP contribution in [-0.2, 0) is 14.3 Å². The van der Waals surface area contributed by atoms with E-state index in [4.69, 9.17) is 15.2 Å². The van der Waals surface area contributed by atoms with Gasteiger partial charge in [-0.2, -0.15) is 0 Å². The first-order valence-electron chi connectivity index (χ1n) is 9.86. The number of hydrogen-bond donors (Lipinski definition) is 2. The Morgan fingerprint density at radius 3 is 2.48 bits per heavy atom. The number of benzene rings is 1. The fourth-order valence-electron chi connectivity index (χ4n) is 3.18. The smallest absolute Gasteiger partial charge is 0.312 e. The molecule has 1 aromatic rings. The van der Waals surface area contributed by atoms with Crippen LogP contribution in [-0.4, -0.2) is 69.2 Å². The molecule has 0 aromatic heterocycles. The monoisotopic (exact) mass is 406 g/mol. The van der Waals surface area contributed by atoms with Crippen LogP contribution in [0.25, 0.3) is 0 Å². The van der Waals surface area contributed by atoms with E-state index in [1.807, 2.05) is 24.3 Å².